The number of alkyl carbamates (subject to hydrolysis) is 1. The van der Waals surface area contributed by atoms with Gasteiger partial charge >= 0.3 is 6.09 Å². The zero-order chi connectivity index (χ0) is 17.0. The normalized spacial score (nSPS) is 18.0. The first kappa shape index (κ1) is 17.1. The second-order valence-corrected chi connectivity index (χ2v) is 6.73. The van der Waals surface area contributed by atoms with E-state index in [1.807, 2.05) is 51.1 Å². The number of hydrogen-bond acceptors (Lipinski definition) is 3. The quantitative estimate of drug-likeness (QED) is 0.868. The van der Waals surface area contributed by atoms with Crippen LogP contribution in [-0.2, 0) is 16.1 Å². The lowest BCUT2D eigenvalue weighted by molar-refractivity contribution is -0.117. The molecular formula is C18H24N2O3. The topological polar surface area (TPSA) is 58.6 Å². The van der Waals surface area contributed by atoms with E-state index in [4.69, 9.17) is 4.74 Å². The third kappa shape index (κ3) is 4.84. The van der Waals surface area contributed by atoms with Gasteiger partial charge in [-0.1, -0.05) is 18.2 Å². The summed E-state index contributed by atoms with van der Waals surface area (Å²) in [4.78, 5) is 25.4. The molecule has 1 heterocycles. The SMILES string of the molecule is C=CC1CC(=O)N(c2ccc(CNC(=O)OC(C)(C)C)cc2)C1. The molecule has 0 aliphatic carbocycles. The van der Waals surface area contributed by atoms with Crippen LogP contribution < -0.4 is 10.2 Å². The van der Waals surface area contributed by atoms with Crippen molar-refractivity contribution in [3.63, 3.8) is 0 Å². The first-order valence-electron chi connectivity index (χ1n) is 7.77. The molecule has 0 bridgehead atoms. The number of hydrogen-bond donors (Lipinski definition) is 1. The summed E-state index contributed by atoms with van der Waals surface area (Å²) in [6, 6.07) is 7.60. The number of nitrogens with one attached hydrogen (secondary N) is 1. The van der Waals surface area contributed by atoms with E-state index in [0.717, 1.165) is 11.3 Å². The van der Waals surface area contributed by atoms with Crippen LogP contribution in [0, 0.1) is 5.92 Å². The van der Waals surface area contributed by atoms with Crippen LogP contribution in [0.15, 0.2) is 36.9 Å². The summed E-state index contributed by atoms with van der Waals surface area (Å²) >= 11 is 0. The molecule has 124 valence electrons. The zero-order valence-electron chi connectivity index (χ0n) is 14.0. The van der Waals surface area contributed by atoms with Gasteiger partial charge < -0.3 is 15.0 Å². The molecule has 0 aromatic heterocycles. The Bertz CT molecular complexity index is 587. The Morgan fingerprint density at radius 2 is 2.04 bits per heavy atom. The lowest BCUT2D eigenvalue weighted by Crippen LogP contribution is -2.32. The molecule has 1 saturated heterocycles. The van der Waals surface area contributed by atoms with Gasteiger partial charge in [-0.2, -0.15) is 0 Å². The first-order valence-corrected chi connectivity index (χ1v) is 7.77. The van der Waals surface area contributed by atoms with Gasteiger partial charge in [-0.15, -0.1) is 6.58 Å². The summed E-state index contributed by atoms with van der Waals surface area (Å²) in [6.07, 6.45) is 1.91. The van der Waals surface area contributed by atoms with E-state index >= 15 is 0 Å². The number of anilines is 1. The molecule has 23 heavy (non-hydrogen) atoms. The molecule has 5 nitrogen and oxygen atoms in total. The summed E-state index contributed by atoms with van der Waals surface area (Å²) < 4.78 is 5.19. The van der Waals surface area contributed by atoms with E-state index in [2.05, 4.69) is 11.9 Å². The third-order valence-electron chi connectivity index (χ3n) is 3.57. The molecular weight excluding hydrogens is 292 g/mol. The van der Waals surface area contributed by atoms with Gasteiger partial charge in [0.25, 0.3) is 0 Å². The standard InChI is InChI=1S/C18H24N2O3/c1-5-13-10-16(21)20(12-13)15-8-6-14(7-9-15)11-19-17(22)23-18(2,3)4/h5-9,13H,1,10-12H2,2-4H3,(H,19,22). The van der Waals surface area contributed by atoms with Gasteiger partial charge in [0.1, 0.15) is 5.60 Å². The summed E-state index contributed by atoms with van der Waals surface area (Å²) in [6.45, 7) is 10.3. The fourth-order valence-corrected chi connectivity index (χ4v) is 2.42. The van der Waals surface area contributed by atoms with Crippen molar-refractivity contribution < 1.29 is 14.3 Å². The fraction of sp³-hybridized carbons (Fsp3) is 0.444. The van der Waals surface area contributed by atoms with Crippen molar-refractivity contribution in [3.05, 3.63) is 42.5 Å². The molecule has 1 aliphatic rings. The van der Waals surface area contributed by atoms with E-state index in [-0.39, 0.29) is 11.8 Å². The van der Waals surface area contributed by atoms with Crippen LogP contribution in [0.4, 0.5) is 10.5 Å². The molecule has 1 aliphatic heterocycles. The fourth-order valence-electron chi connectivity index (χ4n) is 2.42. The average Bonchev–Trinajstić information content (AvgIpc) is 2.85. The van der Waals surface area contributed by atoms with E-state index in [0.29, 0.717) is 19.5 Å². The average molecular weight is 316 g/mol. The number of rotatable bonds is 4. The Hall–Kier alpha value is -2.30. The summed E-state index contributed by atoms with van der Waals surface area (Å²) in [5.74, 6) is 0.338. The number of carbonyl (C=O) groups excluding carboxylic acids is 2. The number of carbonyl (C=O) groups is 2. The second kappa shape index (κ2) is 6.86. The van der Waals surface area contributed by atoms with Crippen LogP contribution in [0.1, 0.15) is 32.8 Å². The van der Waals surface area contributed by atoms with Gasteiger partial charge in [0.05, 0.1) is 0 Å². The first-order chi connectivity index (χ1) is 10.8. The molecule has 1 atom stereocenters. The van der Waals surface area contributed by atoms with Gasteiger partial charge in [0.2, 0.25) is 5.91 Å². The summed E-state index contributed by atoms with van der Waals surface area (Å²) in [5.41, 5.74) is 1.32. The van der Waals surface area contributed by atoms with E-state index in [1.54, 1.807) is 4.90 Å². The van der Waals surface area contributed by atoms with Crippen LogP contribution in [0.25, 0.3) is 0 Å². The number of benzene rings is 1. The predicted molar refractivity (Wildman–Crippen MR) is 90.2 cm³/mol. The van der Waals surface area contributed by atoms with E-state index in [1.165, 1.54) is 0 Å². The minimum atomic E-state index is -0.508. The molecule has 1 N–H and O–H groups in total. The van der Waals surface area contributed by atoms with Gasteiger partial charge in [-0.25, -0.2) is 4.79 Å². The molecule has 2 rings (SSSR count). The highest BCUT2D eigenvalue weighted by atomic mass is 16.6. The molecule has 1 fully saturated rings. The molecule has 1 aromatic rings. The van der Waals surface area contributed by atoms with Crippen LogP contribution in [-0.4, -0.2) is 24.1 Å². The second-order valence-electron chi connectivity index (χ2n) is 6.73. The zero-order valence-corrected chi connectivity index (χ0v) is 14.0. The molecule has 0 spiro atoms. The van der Waals surface area contributed by atoms with Crippen molar-refractivity contribution in [1.29, 1.82) is 0 Å². The third-order valence-corrected chi connectivity index (χ3v) is 3.57. The maximum Gasteiger partial charge on any atom is 0.407 e. The highest BCUT2D eigenvalue weighted by molar-refractivity contribution is 5.95. The number of amides is 2. The predicted octanol–water partition coefficient (Wildman–Crippen LogP) is 3.25. The van der Waals surface area contributed by atoms with Crippen LogP contribution >= 0.6 is 0 Å². The van der Waals surface area contributed by atoms with Crippen molar-refractivity contribution >= 4 is 17.7 Å². The van der Waals surface area contributed by atoms with Crippen molar-refractivity contribution in [2.75, 3.05) is 11.4 Å². The Kier molecular flexibility index (Phi) is 5.08. The number of ether oxygens (including phenoxy) is 1. The Labute approximate surface area is 137 Å². The highest BCUT2D eigenvalue weighted by Gasteiger charge is 2.28. The Morgan fingerprint density at radius 3 is 2.57 bits per heavy atom. The van der Waals surface area contributed by atoms with E-state index < -0.39 is 11.7 Å². The van der Waals surface area contributed by atoms with Gasteiger partial charge in [0.15, 0.2) is 0 Å². The minimum Gasteiger partial charge on any atom is -0.444 e. The van der Waals surface area contributed by atoms with Gasteiger partial charge in [-0.3, -0.25) is 4.79 Å². The van der Waals surface area contributed by atoms with Crippen molar-refractivity contribution in [1.82, 2.24) is 5.32 Å². The Balaban J connectivity index is 1.91. The molecule has 1 unspecified atom stereocenters. The van der Waals surface area contributed by atoms with Crippen LogP contribution in [0.3, 0.4) is 0 Å². The monoisotopic (exact) mass is 316 g/mol. The van der Waals surface area contributed by atoms with Crippen molar-refractivity contribution in [2.45, 2.75) is 39.3 Å². The minimum absolute atomic E-state index is 0.120. The highest BCUT2D eigenvalue weighted by Crippen LogP contribution is 2.25. The van der Waals surface area contributed by atoms with Crippen LogP contribution in [0.2, 0.25) is 0 Å². The maximum atomic E-state index is 12.0. The lowest BCUT2D eigenvalue weighted by atomic mass is 10.1. The van der Waals surface area contributed by atoms with Crippen molar-refractivity contribution in [3.8, 4) is 0 Å². The lowest BCUT2D eigenvalue weighted by Gasteiger charge is -2.20. The maximum absolute atomic E-state index is 12.0. The van der Waals surface area contributed by atoms with Crippen LogP contribution in [0.5, 0.6) is 0 Å². The molecule has 0 radical (unpaired) electrons. The van der Waals surface area contributed by atoms with Gasteiger partial charge in [0, 0.05) is 31.1 Å². The van der Waals surface area contributed by atoms with Gasteiger partial charge in [-0.05, 0) is 38.5 Å². The molecule has 5 heteroatoms. The molecule has 1 aromatic carbocycles. The largest absolute Gasteiger partial charge is 0.444 e. The molecule has 2 amide bonds. The smallest absolute Gasteiger partial charge is 0.407 e. The van der Waals surface area contributed by atoms with Crippen molar-refractivity contribution in [2.24, 2.45) is 5.92 Å². The molecule has 0 saturated carbocycles. The van der Waals surface area contributed by atoms with E-state index in [9.17, 15) is 9.59 Å². The number of nitrogens with zero attached hydrogens (tertiary/aromatic N) is 1. The summed E-state index contributed by atoms with van der Waals surface area (Å²) in [5, 5.41) is 2.71. The Morgan fingerprint density at radius 1 is 1.39 bits per heavy atom. The summed E-state index contributed by atoms with van der Waals surface area (Å²) in [7, 11) is 0.